The fourth-order valence-corrected chi connectivity index (χ4v) is 6.48. The van der Waals surface area contributed by atoms with Gasteiger partial charge in [-0.15, -0.1) is 0 Å². The molecule has 0 aromatic heterocycles. The summed E-state index contributed by atoms with van der Waals surface area (Å²) in [4.78, 5) is 12.5. The number of carbonyl (C=O) groups is 1. The van der Waals surface area contributed by atoms with E-state index in [1.807, 2.05) is 24.3 Å². The van der Waals surface area contributed by atoms with E-state index in [2.05, 4.69) is 36.5 Å². The van der Waals surface area contributed by atoms with Gasteiger partial charge in [-0.2, -0.15) is 11.8 Å². The number of nitrogens with zero attached hydrogens (tertiary/aromatic N) is 1. The zero-order chi connectivity index (χ0) is 21.8. The maximum absolute atomic E-state index is 12.9. The van der Waals surface area contributed by atoms with E-state index < -0.39 is 10.0 Å². The molecule has 31 heavy (non-hydrogen) atoms. The van der Waals surface area contributed by atoms with Gasteiger partial charge in [0.1, 0.15) is 0 Å². The average Bonchev–Trinajstić information content (AvgIpc) is 2.97. The third kappa shape index (κ3) is 4.72. The van der Waals surface area contributed by atoms with Crippen LogP contribution >= 0.6 is 11.8 Å². The topological polar surface area (TPSA) is 66.5 Å². The summed E-state index contributed by atoms with van der Waals surface area (Å²) in [7, 11) is -3.55. The molecule has 162 valence electrons. The van der Waals surface area contributed by atoms with Gasteiger partial charge >= 0.3 is 0 Å². The summed E-state index contributed by atoms with van der Waals surface area (Å²) < 4.78 is 27.3. The van der Waals surface area contributed by atoms with Gasteiger partial charge in [0.15, 0.2) is 0 Å². The quantitative estimate of drug-likeness (QED) is 0.484. The number of anilines is 1. The van der Waals surface area contributed by atoms with Gasteiger partial charge < -0.3 is 5.32 Å². The van der Waals surface area contributed by atoms with Crippen LogP contribution in [0.1, 0.15) is 24.0 Å². The molecule has 3 aromatic carbocycles. The van der Waals surface area contributed by atoms with E-state index in [-0.39, 0.29) is 5.91 Å². The van der Waals surface area contributed by atoms with Crippen LogP contribution in [0.4, 0.5) is 5.69 Å². The van der Waals surface area contributed by atoms with Crippen LogP contribution in [0.2, 0.25) is 0 Å². The van der Waals surface area contributed by atoms with E-state index in [4.69, 9.17) is 0 Å². The van der Waals surface area contributed by atoms with Crippen LogP contribution < -0.4 is 9.62 Å². The number of benzene rings is 3. The van der Waals surface area contributed by atoms with Crippen molar-refractivity contribution >= 4 is 44.2 Å². The van der Waals surface area contributed by atoms with Crippen LogP contribution in [0, 0.1) is 6.92 Å². The molecule has 4 rings (SSSR count). The highest BCUT2D eigenvalue weighted by Gasteiger charge is 2.34. The first kappa shape index (κ1) is 21.7. The molecule has 3 aromatic rings. The van der Waals surface area contributed by atoms with Crippen molar-refractivity contribution in [1.82, 2.24) is 5.32 Å². The third-order valence-electron chi connectivity index (χ3n) is 5.37. The van der Waals surface area contributed by atoms with Crippen LogP contribution in [0.5, 0.6) is 0 Å². The number of amides is 1. The van der Waals surface area contributed by atoms with Crippen LogP contribution in [0.25, 0.3) is 10.8 Å². The van der Waals surface area contributed by atoms with Gasteiger partial charge in [0.05, 0.1) is 10.6 Å². The smallest absolute Gasteiger partial charge is 0.265 e. The van der Waals surface area contributed by atoms with Crippen LogP contribution in [0.15, 0.2) is 65.6 Å². The molecule has 1 amide bonds. The number of rotatable bonds is 9. The highest BCUT2D eigenvalue weighted by Crippen LogP contribution is 2.41. The van der Waals surface area contributed by atoms with Gasteiger partial charge in [0.2, 0.25) is 5.91 Å². The van der Waals surface area contributed by atoms with Crippen molar-refractivity contribution < 1.29 is 13.2 Å². The molecule has 5 nitrogen and oxygen atoms in total. The fourth-order valence-electron chi connectivity index (χ4n) is 3.93. The summed E-state index contributed by atoms with van der Waals surface area (Å²) in [6.07, 6.45) is 0.784. The maximum atomic E-state index is 12.9. The molecule has 0 bridgehead atoms. The molecule has 1 heterocycles. The van der Waals surface area contributed by atoms with Crippen molar-refractivity contribution in [2.24, 2.45) is 0 Å². The first-order valence-corrected chi connectivity index (χ1v) is 13.0. The second-order valence-electron chi connectivity index (χ2n) is 7.70. The highest BCUT2D eigenvalue weighted by molar-refractivity contribution is 7.98. The lowest BCUT2D eigenvalue weighted by Crippen LogP contribution is -2.30. The fraction of sp³-hybridized carbons (Fsp3) is 0.292. The Morgan fingerprint density at radius 3 is 2.65 bits per heavy atom. The number of carbonyl (C=O) groups excluding carboxylic acids is 1. The summed E-state index contributed by atoms with van der Waals surface area (Å²) in [6.45, 7) is 2.99. The van der Waals surface area contributed by atoms with E-state index in [0.29, 0.717) is 36.5 Å². The molecule has 0 spiro atoms. The lowest BCUT2D eigenvalue weighted by molar-refractivity contribution is -0.121. The predicted molar refractivity (Wildman–Crippen MR) is 128 cm³/mol. The number of aryl methyl sites for hydroxylation is 1. The summed E-state index contributed by atoms with van der Waals surface area (Å²) in [5.74, 6) is 1.73. The molecule has 0 saturated carbocycles. The Labute approximate surface area is 187 Å². The van der Waals surface area contributed by atoms with Crippen molar-refractivity contribution in [1.29, 1.82) is 0 Å². The second kappa shape index (κ2) is 9.32. The first-order valence-electron chi connectivity index (χ1n) is 10.4. The zero-order valence-corrected chi connectivity index (χ0v) is 19.1. The molecule has 0 aliphatic carbocycles. The van der Waals surface area contributed by atoms with Crippen molar-refractivity contribution in [2.45, 2.75) is 30.4 Å². The minimum absolute atomic E-state index is 0.0385. The SMILES string of the molecule is Cc1cccc(CSCCNC(=O)CCCN2c3cccc4cccc(c34)S2(=O)=O)c1. The lowest BCUT2D eigenvalue weighted by Gasteiger charge is -2.18. The Morgan fingerprint density at radius 1 is 1.06 bits per heavy atom. The Bertz CT molecular complexity index is 1200. The minimum Gasteiger partial charge on any atom is -0.355 e. The Kier molecular flexibility index (Phi) is 6.53. The van der Waals surface area contributed by atoms with E-state index in [0.717, 1.165) is 22.3 Å². The third-order valence-corrected chi connectivity index (χ3v) is 8.25. The van der Waals surface area contributed by atoms with Gasteiger partial charge in [-0.25, -0.2) is 8.42 Å². The van der Waals surface area contributed by atoms with Crippen molar-refractivity contribution in [2.75, 3.05) is 23.1 Å². The molecular formula is C24H26N2O3S2. The van der Waals surface area contributed by atoms with Crippen LogP contribution in [-0.4, -0.2) is 33.2 Å². The number of nitrogens with one attached hydrogen (secondary N) is 1. The molecule has 7 heteroatoms. The summed E-state index contributed by atoms with van der Waals surface area (Å²) in [5, 5.41) is 4.63. The van der Waals surface area contributed by atoms with E-state index >= 15 is 0 Å². The van der Waals surface area contributed by atoms with Gasteiger partial charge in [0, 0.05) is 36.4 Å². The Morgan fingerprint density at radius 2 is 1.84 bits per heavy atom. The van der Waals surface area contributed by atoms with E-state index in [1.54, 1.807) is 23.9 Å². The monoisotopic (exact) mass is 454 g/mol. The zero-order valence-electron chi connectivity index (χ0n) is 17.5. The Hall–Kier alpha value is -2.51. The number of hydrogen-bond donors (Lipinski definition) is 1. The Balaban J connectivity index is 1.23. The van der Waals surface area contributed by atoms with Crippen LogP contribution in [0.3, 0.4) is 0 Å². The van der Waals surface area contributed by atoms with Crippen molar-refractivity contribution in [3.05, 3.63) is 71.8 Å². The number of sulfonamides is 1. The van der Waals surface area contributed by atoms with Gasteiger partial charge in [0.25, 0.3) is 10.0 Å². The molecule has 1 aliphatic rings. The largest absolute Gasteiger partial charge is 0.355 e. The summed E-state index contributed by atoms with van der Waals surface area (Å²) in [6, 6.07) is 19.4. The second-order valence-corrected chi connectivity index (χ2v) is 10.6. The van der Waals surface area contributed by atoms with Crippen LogP contribution in [-0.2, 0) is 20.6 Å². The molecular weight excluding hydrogens is 428 g/mol. The average molecular weight is 455 g/mol. The molecule has 1 N–H and O–H groups in total. The standard InChI is InChI=1S/C24H26N2O3S2/c1-18-6-2-7-19(16-18)17-30-15-13-25-23(27)12-5-14-26-21-10-3-8-20-9-4-11-22(24(20)21)31(26,28)29/h2-4,6-11,16H,5,12-15,17H2,1H3,(H,25,27). The maximum Gasteiger partial charge on any atom is 0.265 e. The summed E-state index contributed by atoms with van der Waals surface area (Å²) in [5.41, 5.74) is 3.26. The van der Waals surface area contributed by atoms with Gasteiger partial charge in [-0.3, -0.25) is 9.10 Å². The molecule has 0 unspecified atom stereocenters. The van der Waals surface area contributed by atoms with Gasteiger partial charge in [-0.1, -0.05) is 54.1 Å². The highest BCUT2D eigenvalue weighted by atomic mass is 32.2. The molecule has 1 aliphatic heterocycles. The van der Waals surface area contributed by atoms with Crippen molar-refractivity contribution in [3.8, 4) is 0 Å². The normalized spacial score (nSPS) is 14.2. The minimum atomic E-state index is -3.55. The van der Waals surface area contributed by atoms with E-state index in [9.17, 15) is 13.2 Å². The van der Waals surface area contributed by atoms with Gasteiger partial charge in [-0.05, 0) is 36.4 Å². The first-order chi connectivity index (χ1) is 15.0. The van der Waals surface area contributed by atoms with E-state index in [1.165, 1.54) is 15.4 Å². The molecule has 0 saturated heterocycles. The summed E-state index contributed by atoms with van der Waals surface area (Å²) >= 11 is 1.79. The molecule has 0 radical (unpaired) electrons. The lowest BCUT2D eigenvalue weighted by atomic mass is 10.1. The molecule has 0 atom stereocenters. The van der Waals surface area contributed by atoms with Crippen molar-refractivity contribution in [3.63, 3.8) is 0 Å². The number of hydrogen-bond acceptors (Lipinski definition) is 4. The predicted octanol–water partition coefficient (Wildman–Crippen LogP) is 4.49. The number of thioether (sulfide) groups is 1. The molecule has 0 fully saturated rings.